The summed E-state index contributed by atoms with van der Waals surface area (Å²) in [5.41, 5.74) is 2.50. The number of benzene rings is 2. The molecule has 0 atom stereocenters. The Kier molecular flexibility index (Phi) is 6.43. The summed E-state index contributed by atoms with van der Waals surface area (Å²) < 4.78 is 22.6. The van der Waals surface area contributed by atoms with Gasteiger partial charge in [-0.3, -0.25) is 9.59 Å². The molecule has 0 spiro atoms. The van der Waals surface area contributed by atoms with Crippen molar-refractivity contribution in [3.05, 3.63) is 69.5 Å². The number of fused-ring (bicyclic) bond motifs is 2. The minimum atomic E-state index is -0.380. The second-order valence-electron chi connectivity index (χ2n) is 6.86. The highest BCUT2D eigenvalue weighted by atomic mass is 16.7. The van der Waals surface area contributed by atoms with Crippen LogP contribution in [0.3, 0.4) is 0 Å². The number of hydrogen-bond acceptors (Lipinski definition) is 8. The van der Waals surface area contributed by atoms with Gasteiger partial charge in [-0.1, -0.05) is 0 Å². The fraction of sp³-hybridized carbons (Fsp3) is 0.273. The number of H-pyrrole nitrogens is 1. The Morgan fingerprint density at radius 1 is 0.969 bits per heavy atom. The summed E-state index contributed by atoms with van der Waals surface area (Å²) in [5.74, 6) is 1.39. The molecule has 5 rings (SSSR count). The van der Waals surface area contributed by atoms with Crippen LogP contribution in [0.15, 0.2) is 58.4 Å². The number of aromatic nitrogens is 4. The van der Waals surface area contributed by atoms with Gasteiger partial charge in [0.25, 0.3) is 11.1 Å². The fourth-order valence-electron chi connectivity index (χ4n) is 3.27. The predicted octanol–water partition coefficient (Wildman–Crippen LogP) is 1.71. The number of nitrogens with one attached hydrogen (secondary N) is 1. The Morgan fingerprint density at radius 3 is 2.34 bits per heavy atom. The summed E-state index contributed by atoms with van der Waals surface area (Å²) >= 11 is 0. The van der Waals surface area contributed by atoms with E-state index in [0.29, 0.717) is 42.3 Å². The van der Waals surface area contributed by atoms with E-state index < -0.39 is 0 Å². The molecule has 166 valence electrons. The maximum Gasteiger partial charge on any atom is 0.269 e. The monoisotopic (exact) mass is 438 g/mol. The summed E-state index contributed by atoms with van der Waals surface area (Å²) in [5, 5.41) is 0. The van der Waals surface area contributed by atoms with Crippen LogP contribution in [0.4, 0.5) is 0 Å². The van der Waals surface area contributed by atoms with Crippen molar-refractivity contribution in [3.8, 4) is 11.5 Å². The lowest BCUT2D eigenvalue weighted by Gasteiger charge is -2.14. The Labute approximate surface area is 182 Å². The third-order valence-electron chi connectivity index (χ3n) is 4.86. The minimum Gasteiger partial charge on any atom is -0.497 e. The molecule has 4 aromatic rings. The van der Waals surface area contributed by atoms with Crippen LogP contribution in [0.25, 0.3) is 22.1 Å². The van der Waals surface area contributed by atoms with E-state index in [4.69, 9.17) is 18.9 Å². The molecule has 0 radical (unpaired) electrons. The molecule has 10 nitrogen and oxygen atoms in total. The number of hydrogen-bond donors (Lipinski definition) is 1. The van der Waals surface area contributed by atoms with Crippen molar-refractivity contribution in [2.75, 3.05) is 27.4 Å². The van der Waals surface area contributed by atoms with E-state index in [1.54, 1.807) is 43.1 Å². The SMILES string of the molecule is COc1ccc2ncc(=O)[nH]c2c1.COc1ccc2ncc(=O)n(CC3OCCO3)c2c1. The van der Waals surface area contributed by atoms with Crippen molar-refractivity contribution in [1.29, 1.82) is 0 Å². The molecule has 0 unspecified atom stereocenters. The van der Waals surface area contributed by atoms with Crippen LogP contribution in [-0.2, 0) is 16.0 Å². The average Bonchev–Trinajstić information content (AvgIpc) is 3.34. The minimum absolute atomic E-state index is 0.181. The largest absolute Gasteiger partial charge is 0.497 e. The molecule has 1 aliphatic rings. The first-order valence-electron chi connectivity index (χ1n) is 9.87. The summed E-state index contributed by atoms with van der Waals surface area (Å²) in [4.78, 5) is 33.6. The highest BCUT2D eigenvalue weighted by Gasteiger charge is 2.18. The van der Waals surface area contributed by atoms with Gasteiger partial charge in [-0.05, 0) is 24.3 Å². The maximum absolute atomic E-state index is 12.0. The van der Waals surface area contributed by atoms with Crippen LogP contribution < -0.4 is 20.6 Å². The first-order valence-corrected chi connectivity index (χ1v) is 9.87. The van der Waals surface area contributed by atoms with E-state index in [-0.39, 0.29) is 17.4 Å². The molecular weight excluding hydrogens is 416 g/mol. The quantitative estimate of drug-likeness (QED) is 0.512. The summed E-state index contributed by atoms with van der Waals surface area (Å²) in [7, 11) is 3.17. The predicted molar refractivity (Wildman–Crippen MR) is 117 cm³/mol. The van der Waals surface area contributed by atoms with Crippen LogP contribution in [-0.4, -0.2) is 53.2 Å². The molecule has 0 bridgehead atoms. The molecular formula is C22H22N4O6. The molecule has 2 aromatic heterocycles. The smallest absolute Gasteiger partial charge is 0.269 e. The van der Waals surface area contributed by atoms with Gasteiger partial charge in [0.05, 0.1) is 68.4 Å². The normalized spacial score (nSPS) is 13.7. The standard InChI is InChI=1S/C13H14N2O4.C9H8N2O2/c1-17-9-2-3-10-11(6-9)15(12(16)7-14-10)8-13-18-4-5-19-13;1-13-6-2-3-7-8(4-6)11-9(12)5-10-7/h2-3,6-7,13H,4-5,8H2,1H3;2-5H,1H3,(H,11,12). The molecule has 1 aliphatic heterocycles. The third-order valence-corrected chi connectivity index (χ3v) is 4.86. The first kappa shape index (κ1) is 21.5. The molecule has 0 aliphatic carbocycles. The van der Waals surface area contributed by atoms with Crippen LogP contribution in [0.5, 0.6) is 11.5 Å². The summed E-state index contributed by atoms with van der Waals surface area (Å²) in [6.07, 6.45) is 2.19. The molecule has 32 heavy (non-hydrogen) atoms. The average molecular weight is 438 g/mol. The topological polar surface area (TPSA) is 118 Å². The van der Waals surface area contributed by atoms with Gasteiger partial charge >= 0.3 is 0 Å². The van der Waals surface area contributed by atoms with E-state index in [9.17, 15) is 9.59 Å². The fourth-order valence-corrected chi connectivity index (χ4v) is 3.27. The third kappa shape index (κ3) is 4.76. The van der Waals surface area contributed by atoms with Crippen LogP contribution in [0.1, 0.15) is 0 Å². The molecule has 1 fully saturated rings. The molecule has 3 heterocycles. The van der Waals surface area contributed by atoms with E-state index in [0.717, 1.165) is 11.0 Å². The van der Waals surface area contributed by atoms with E-state index in [1.165, 1.54) is 12.4 Å². The van der Waals surface area contributed by atoms with Crippen molar-refractivity contribution in [3.63, 3.8) is 0 Å². The van der Waals surface area contributed by atoms with Gasteiger partial charge in [-0.2, -0.15) is 0 Å². The van der Waals surface area contributed by atoms with Crippen molar-refractivity contribution < 1.29 is 18.9 Å². The van der Waals surface area contributed by atoms with Gasteiger partial charge in [-0.25, -0.2) is 9.97 Å². The molecule has 10 heteroatoms. The number of methoxy groups -OCH3 is 2. The Bertz CT molecular complexity index is 1340. The highest BCUT2D eigenvalue weighted by Crippen LogP contribution is 2.19. The van der Waals surface area contributed by atoms with E-state index in [1.807, 2.05) is 12.1 Å². The number of rotatable bonds is 4. The first-order chi connectivity index (χ1) is 15.6. The van der Waals surface area contributed by atoms with Gasteiger partial charge in [-0.15, -0.1) is 0 Å². The molecule has 2 aromatic carbocycles. The zero-order valence-corrected chi connectivity index (χ0v) is 17.6. The van der Waals surface area contributed by atoms with E-state index in [2.05, 4.69) is 15.0 Å². The second-order valence-corrected chi connectivity index (χ2v) is 6.86. The number of ether oxygens (including phenoxy) is 4. The lowest BCUT2D eigenvalue weighted by Crippen LogP contribution is -2.27. The van der Waals surface area contributed by atoms with Crippen LogP contribution >= 0.6 is 0 Å². The molecule has 0 saturated carbocycles. The zero-order chi connectivity index (χ0) is 22.5. The van der Waals surface area contributed by atoms with E-state index >= 15 is 0 Å². The van der Waals surface area contributed by atoms with Crippen molar-refractivity contribution >= 4 is 22.1 Å². The maximum atomic E-state index is 12.0. The Balaban J connectivity index is 0.000000165. The van der Waals surface area contributed by atoms with Gasteiger partial charge < -0.3 is 28.5 Å². The highest BCUT2D eigenvalue weighted by molar-refractivity contribution is 5.76. The molecule has 1 saturated heterocycles. The Hall–Kier alpha value is -3.76. The van der Waals surface area contributed by atoms with Crippen molar-refractivity contribution in [2.45, 2.75) is 12.8 Å². The van der Waals surface area contributed by atoms with Crippen LogP contribution in [0.2, 0.25) is 0 Å². The van der Waals surface area contributed by atoms with Gasteiger partial charge in [0.2, 0.25) is 0 Å². The molecule has 0 amide bonds. The molecule has 1 N–H and O–H groups in total. The van der Waals surface area contributed by atoms with Gasteiger partial charge in [0, 0.05) is 12.1 Å². The Morgan fingerprint density at radius 2 is 1.62 bits per heavy atom. The number of aromatic amines is 1. The lowest BCUT2D eigenvalue weighted by molar-refractivity contribution is -0.0523. The van der Waals surface area contributed by atoms with Gasteiger partial charge in [0.1, 0.15) is 11.5 Å². The van der Waals surface area contributed by atoms with Crippen LogP contribution in [0, 0.1) is 0 Å². The lowest BCUT2D eigenvalue weighted by atomic mass is 10.2. The van der Waals surface area contributed by atoms with Crippen molar-refractivity contribution in [1.82, 2.24) is 19.5 Å². The summed E-state index contributed by atoms with van der Waals surface area (Å²) in [6, 6.07) is 10.8. The number of nitrogens with zero attached hydrogens (tertiary/aromatic N) is 3. The zero-order valence-electron chi connectivity index (χ0n) is 17.6. The second kappa shape index (κ2) is 9.58. The summed E-state index contributed by atoms with van der Waals surface area (Å²) in [6.45, 7) is 1.47. The van der Waals surface area contributed by atoms with Crippen molar-refractivity contribution in [2.24, 2.45) is 0 Å². The van der Waals surface area contributed by atoms with Gasteiger partial charge in [0.15, 0.2) is 6.29 Å².